The van der Waals surface area contributed by atoms with Crippen molar-refractivity contribution < 1.29 is 9.72 Å². The lowest BCUT2D eigenvalue weighted by Gasteiger charge is -2.01. The fraction of sp³-hybridized carbons (Fsp3) is 0.333. The summed E-state index contributed by atoms with van der Waals surface area (Å²) in [5, 5.41) is 14.2. The molecule has 0 fully saturated rings. The van der Waals surface area contributed by atoms with Crippen molar-refractivity contribution in [1.29, 1.82) is 0 Å². The van der Waals surface area contributed by atoms with E-state index in [1.165, 1.54) is 18.3 Å². The molecule has 0 radical (unpaired) electrons. The summed E-state index contributed by atoms with van der Waals surface area (Å²) in [6.07, 6.45) is 1.86. The molecule has 1 aromatic carbocycles. The van der Waals surface area contributed by atoms with Gasteiger partial charge in [0, 0.05) is 18.6 Å². The predicted octanol–water partition coefficient (Wildman–Crippen LogP) is 2.09. The van der Waals surface area contributed by atoms with Crippen LogP contribution in [0.25, 0.3) is 0 Å². The number of carbonyl (C=O) groups is 1. The van der Waals surface area contributed by atoms with Crippen LogP contribution >= 0.6 is 0 Å². The zero-order valence-corrected chi connectivity index (χ0v) is 10.3. The van der Waals surface area contributed by atoms with Crippen LogP contribution in [0.1, 0.15) is 25.8 Å². The van der Waals surface area contributed by atoms with Gasteiger partial charge < -0.3 is 0 Å². The van der Waals surface area contributed by atoms with Crippen LogP contribution in [0.4, 0.5) is 5.69 Å². The Labute approximate surface area is 105 Å². The van der Waals surface area contributed by atoms with Gasteiger partial charge in [-0.2, -0.15) is 5.10 Å². The third-order valence-electron chi connectivity index (χ3n) is 2.10. The van der Waals surface area contributed by atoms with Gasteiger partial charge in [0.05, 0.1) is 11.1 Å². The summed E-state index contributed by atoms with van der Waals surface area (Å²) in [4.78, 5) is 21.2. The molecule has 0 aliphatic heterocycles. The molecule has 1 N–H and O–H groups in total. The van der Waals surface area contributed by atoms with Crippen molar-refractivity contribution in [3.05, 3.63) is 39.9 Å². The molecule has 0 aliphatic carbocycles. The number of nitro groups is 1. The SMILES string of the molecule is CC(C)CC(=O)N/N=C/c1ccc([N+](=O)[O-])cc1. The molecule has 6 heteroatoms. The molecule has 6 nitrogen and oxygen atoms in total. The van der Waals surface area contributed by atoms with Gasteiger partial charge >= 0.3 is 0 Å². The second kappa shape index (κ2) is 6.48. The second-order valence-corrected chi connectivity index (χ2v) is 4.24. The van der Waals surface area contributed by atoms with Crippen molar-refractivity contribution in [2.75, 3.05) is 0 Å². The van der Waals surface area contributed by atoms with Crippen LogP contribution in [-0.4, -0.2) is 17.0 Å². The number of nitrogens with zero attached hydrogens (tertiary/aromatic N) is 2. The van der Waals surface area contributed by atoms with Gasteiger partial charge in [-0.25, -0.2) is 5.43 Å². The Kier molecular flexibility index (Phi) is 4.98. The first-order valence-corrected chi connectivity index (χ1v) is 5.55. The van der Waals surface area contributed by atoms with E-state index in [1.807, 2.05) is 13.8 Å². The maximum atomic E-state index is 11.3. The molecule has 0 aromatic heterocycles. The molecular weight excluding hydrogens is 234 g/mol. The van der Waals surface area contributed by atoms with Crippen LogP contribution in [0.15, 0.2) is 29.4 Å². The first-order valence-electron chi connectivity index (χ1n) is 5.55. The smallest absolute Gasteiger partial charge is 0.269 e. The topological polar surface area (TPSA) is 84.6 Å². The normalized spacial score (nSPS) is 10.8. The molecule has 1 aromatic rings. The van der Waals surface area contributed by atoms with Crippen LogP contribution in [0.5, 0.6) is 0 Å². The van der Waals surface area contributed by atoms with Crippen molar-refractivity contribution >= 4 is 17.8 Å². The Morgan fingerprint density at radius 1 is 1.44 bits per heavy atom. The Morgan fingerprint density at radius 2 is 2.06 bits per heavy atom. The number of benzene rings is 1. The third-order valence-corrected chi connectivity index (χ3v) is 2.10. The Morgan fingerprint density at radius 3 is 2.56 bits per heavy atom. The summed E-state index contributed by atoms with van der Waals surface area (Å²) >= 11 is 0. The zero-order valence-electron chi connectivity index (χ0n) is 10.3. The summed E-state index contributed by atoms with van der Waals surface area (Å²) in [7, 11) is 0. The summed E-state index contributed by atoms with van der Waals surface area (Å²) < 4.78 is 0. The number of hydrogen-bond acceptors (Lipinski definition) is 4. The maximum absolute atomic E-state index is 11.3. The van der Waals surface area contributed by atoms with Crippen molar-refractivity contribution in [3.63, 3.8) is 0 Å². The lowest BCUT2D eigenvalue weighted by molar-refractivity contribution is -0.384. The molecule has 0 heterocycles. The number of hydrazone groups is 1. The fourth-order valence-corrected chi connectivity index (χ4v) is 1.28. The van der Waals surface area contributed by atoms with Crippen molar-refractivity contribution in [1.82, 2.24) is 5.43 Å². The molecule has 0 atom stereocenters. The number of hydrogen-bond donors (Lipinski definition) is 1. The molecular formula is C12H15N3O3. The average Bonchev–Trinajstić information content (AvgIpc) is 2.28. The van der Waals surface area contributed by atoms with E-state index in [-0.39, 0.29) is 17.5 Å². The molecule has 0 saturated heterocycles. The largest absolute Gasteiger partial charge is 0.273 e. The molecule has 18 heavy (non-hydrogen) atoms. The van der Waals surface area contributed by atoms with E-state index in [2.05, 4.69) is 10.5 Å². The quantitative estimate of drug-likeness (QED) is 0.492. The highest BCUT2D eigenvalue weighted by molar-refractivity contribution is 5.82. The summed E-state index contributed by atoms with van der Waals surface area (Å²) in [5.74, 6) is 0.128. The highest BCUT2D eigenvalue weighted by Gasteiger charge is 2.03. The lowest BCUT2D eigenvalue weighted by Crippen LogP contribution is -2.19. The van der Waals surface area contributed by atoms with E-state index >= 15 is 0 Å². The van der Waals surface area contributed by atoms with E-state index in [0.29, 0.717) is 12.0 Å². The van der Waals surface area contributed by atoms with E-state index < -0.39 is 4.92 Å². The predicted molar refractivity (Wildman–Crippen MR) is 68.3 cm³/mol. The minimum Gasteiger partial charge on any atom is -0.273 e. The van der Waals surface area contributed by atoms with Crippen molar-refractivity contribution in [2.45, 2.75) is 20.3 Å². The van der Waals surface area contributed by atoms with Gasteiger partial charge in [-0.3, -0.25) is 14.9 Å². The van der Waals surface area contributed by atoms with Gasteiger partial charge in [0.1, 0.15) is 0 Å². The summed E-state index contributed by atoms with van der Waals surface area (Å²) in [6.45, 7) is 3.89. The van der Waals surface area contributed by atoms with Crippen molar-refractivity contribution in [2.24, 2.45) is 11.0 Å². The Hall–Kier alpha value is -2.24. The van der Waals surface area contributed by atoms with Crippen LogP contribution in [0.3, 0.4) is 0 Å². The van der Waals surface area contributed by atoms with Crippen LogP contribution < -0.4 is 5.43 Å². The monoisotopic (exact) mass is 249 g/mol. The molecule has 1 amide bonds. The molecule has 0 unspecified atom stereocenters. The number of carbonyl (C=O) groups excluding carboxylic acids is 1. The molecule has 0 aliphatic rings. The molecule has 1 rings (SSSR count). The first-order chi connectivity index (χ1) is 8.49. The van der Waals surface area contributed by atoms with Gasteiger partial charge in [0.15, 0.2) is 0 Å². The number of nitro benzene ring substituents is 1. The maximum Gasteiger partial charge on any atom is 0.269 e. The number of amides is 1. The second-order valence-electron chi connectivity index (χ2n) is 4.24. The van der Waals surface area contributed by atoms with Crippen LogP contribution in [0, 0.1) is 16.0 Å². The van der Waals surface area contributed by atoms with E-state index in [4.69, 9.17) is 0 Å². The highest BCUT2D eigenvalue weighted by atomic mass is 16.6. The Balaban J connectivity index is 2.52. The van der Waals surface area contributed by atoms with Crippen LogP contribution in [0.2, 0.25) is 0 Å². The zero-order chi connectivity index (χ0) is 13.5. The third kappa shape index (κ3) is 4.73. The van der Waals surface area contributed by atoms with Crippen LogP contribution in [-0.2, 0) is 4.79 Å². The van der Waals surface area contributed by atoms with E-state index in [1.54, 1.807) is 12.1 Å². The summed E-state index contributed by atoms with van der Waals surface area (Å²) in [5.41, 5.74) is 3.11. The van der Waals surface area contributed by atoms with Crippen molar-refractivity contribution in [3.8, 4) is 0 Å². The molecule has 0 saturated carbocycles. The molecule has 0 spiro atoms. The fourth-order valence-electron chi connectivity index (χ4n) is 1.28. The van der Waals surface area contributed by atoms with Gasteiger partial charge in [0.25, 0.3) is 5.69 Å². The van der Waals surface area contributed by atoms with Gasteiger partial charge in [0.2, 0.25) is 5.91 Å². The standard InChI is InChI=1S/C12H15N3O3/c1-9(2)7-12(16)14-13-8-10-3-5-11(6-4-10)15(17)18/h3-6,8-9H,7H2,1-2H3,(H,14,16)/b13-8+. The average molecular weight is 249 g/mol. The molecule has 96 valence electrons. The Bertz CT molecular complexity index is 452. The summed E-state index contributed by atoms with van der Waals surface area (Å²) in [6, 6.07) is 5.90. The molecule has 0 bridgehead atoms. The number of nitrogens with one attached hydrogen (secondary N) is 1. The van der Waals surface area contributed by atoms with Gasteiger partial charge in [-0.1, -0.05) is 13.8 Å². The van der Waals surface area contributed by atoms with Gasteiger partial charge in [-0.05, 0) is 23.6 Å². The van der Waals surface area contributed by atoms with E-state index in [0.717, 1.165) is 0 Å². The highest BCUT2D eigenvalue weighted by Crippen LogP contribution is 2.10. The first kappa shape index (κ1) is 13.8. The number of rotatable bonds is 5. The lowest BCUT2D eigenvalue weighted by atomic mass is 10.1. The number of non-ortho nitro benzene ring substituents is 1. The van der Waals surface area contributed by atoms with Gasteiger partial charge in [-0.15, -0.1) is 0 Å². The minimum absolute atomic E-state index is 0.0241. The minimum atomic E-state index is -0.467. The van der Waals surface area contributed by atoms with E-state index in [9.17, 15) is 14.9 Å².